The topological polar surface area (TPSA) is 66.0 Å². The Morgan fingerprint density at radius 3 is 3.14 bits per heavy atom. The maximum absolute atomic E-state index is 11.0. The van der Waals surface area contributed by atoms with Crippen LogP contribution in [0.5, 0.6) is 0 Å². The van der Waals surface area contributed by atoms with E-state index >= 15 is 0 Å². The van der Waals surface area contributed by atoms with E-state index in [4.69, 9.17) is 5.26 Å². The van der Waals surface area contributed by atoms with Gasteiger partial charge in [-0.25, -0.2) is 4.79 Å². The van der Waals surface area contributed by atoms with Crippen molar-refractivity contribution in [1.29, 1.82) is 5.26 Å². The van der Waals surface area contributed by atoms with E-state index in [0.717, 1.165) is 0 Å². The highest BCUT2D eigenvalue weighted by molar-refractivity contribution is 5.73. The number of carbonyl (C=O) groups is 1. The molecule has 1 rings (SSSR count). The predicted octanol–water partition coefficient (Wildman–Crippen LogP) is 0.546. The van der Waals surface area contributed by atoms with E-state index in [1.54, 1.807) is 31.3 Å². The van der Waals surface area contributed by atoms with Crippen molar-refractivity contribution in [2.45, 2.75) is 6.92 Å². The summed E-state index contributed by atoms with van der Waals surface area (Å²) in [6, 6.07) is 6.94. The summed E-state index contributed by atoms with van der Waals surface area (Å²) in [5.74, 6) is 0. The largest absolute Gasteiger partial charge is 0.461 e. The Balaban J connectivity index is 2.77. The summed E-state index contributed by atoms with van der Waals surface area (Å²) in [6.07, 6.45) is 0.982. The molecule has 0 saturated carbocycles. The standard InChI is InChI=1S/C9H9N3O2/c1-2-14-9(13)11-12-6-4-3-5-8(12)7-10/h3-6H,2H2,1H3/p+1. The SMILES string of the molecule is CCOC(=O)N[n+]1ccccc1C#N. The van der Waals surface area contributed by atoms with Crippen LogP contribution in [-0.2, 0) is 4.74 Å². The zero-order valence-electron chi connectivity index (χ0n) is 7.73. The van der Waals surface area contributed by atoms with Gasteiger partial charge in [-0.05, 0) is 13.0 Å². The first kappa shape index (κ1) is 9.99. The summed E-state index contributed by atoms with van der Waals surface area (Å²) < 4.78 is 5.97. The normalized spacial score (nSPS) is 8.86. The van der Waals surface area contributed by atoms with Gasteiger partial charge >= 0.3 is 11.8 Å². The smallest absolute Gasteiger partial charge is 0.446 e. The minimum Gasteiger partial charge on any atom is -0.446 e. The molecule has 0 spiro atoms. The van der Waals surface area contributed by atoms with Gasteiger partial charge in [0, 0.05) is 12.1 Å². The minimum absolute atomic E-state index is 0.293. The Morgan fingerprint density at radius 2 is 2.50 bits per heavy atom. The van der Waals surface area contributed by atoms with Gasteiger partial charge in [0.1, 0.15) is 0 Å². The molecule has 0 saturated heterocycles. The lowest BCUT2D eigenvalue weighted by atomic mass is 10.4. The molecular weight excluding hydrogens is 182 g/mol. The van der Waals surface area contributed by atoms with E-state index in [9.17, 15) is 4.79 Å². The van der Waals surface area contributed by atoms with Crippen molar-refractivity contribution in [1.82, 2.24) is 0 Å². The van der Waals surface area contributed by atoms with Crippen LogP contribution in [0, 0.1) is 11.3 Å². The second kappa shape index (κ2) is 4.82. The molecule has 5 heteroatoms. The lowest BCUT2D eigenvalue weighted by molar-refractivity contribution is -0.645. The van der Waals surface area contributed by atoms with E-state index in [1.807, 2.05) is 6.07 Å². The van der Waals surface area contributed by atoms with Crippen molar-refractivity contribution in [3.05, 3.63) is 30.1 Å². The average Bonchev–Trinajstić information content (AvgIpc) is 2.19. The first-order valence-electron chi connectivity index (χ1n) is 4.12. The number of nitriles is 1. The molecule has 0 aliphatic carbocycles. The van der Waals surface area contributed by atoms with E-state index in [1.165, 1.54) is 4.68 Å². The Bertz CT molecular complexity index is 371. The zero-order chi connectivity index (χ0) is 10.4. The molecule has 1 N–H and O–H groups in total. The number of ether oxygens (including phenoxy) is 1. The maximum atomic E-state index is 11.0. The molecule has 0 aromatic carbocycles. The van der Waals surface area contributed by atoms with Crippen molar-refractivity contribution in [2.75, 3.05) is 12.0 Å². The molecule has 0 radical (unpaired) electrons. The number of hydrogen-bond acceptors (Lipinski definition) is 3. The lowest BCUT2D eigenvalue weighted by Gasteiger charge is -1.99. The zero-order valence-corrected chi connectivity index (χ0v) is 7.73. The van der Waals surface area contributed by atoms with Gasteiger partial charge in [0.2, 0.25) is 6.20 Å². The van der Waals surface area contributed by atoms with E-state index in [0.29, 0.717) is 12.3 Å². The van der Waals surface area contributed by atoms with Crippen molar-refractivity contribution < 1.29 is 14.2 Å². The highest BCUT2D eigenvalue weighted by Crippen LogP contribution is 1.86. The molecule has 0 aliphatic heterocycles. The fourth-order valence-electron chi connectivity index (χ4n) is 0.893. The summed E-state index contributed by atoms with van der Waals surface area (Å²) >= 11 is 0. The van der Waals surface area contributed by atoms with E-state index in [-0.39, 0.29) is 0 Å². The van der Waals surface area contributed by atoms with Gasteiger partial charge in [-0.3, -0.25) is 0 Å². The maximum Gasteiger partial charge on any atom is 0.461 e. The van der Waals surface area contributed by atoms with Crippen LogP contribution < -0.4 is 10.1 Å². The molecule has 72 valence electrons. The molecule has 0 aliphatic rings. The van der Waals surface area contributed by atoms with Crippen LogP contribution in [0.4, 0.5) is 4.79 Å². The first-order chi connectivity index (χ1) is 6.77. The highest BCUT2D eigenvalue weighted by atomic mass is 16.5. The van der Waals surface area contributed by atoms with Crippen LogP contribution in [0.3, 0.4) is 0 Å². The Morgan fingerprint density at radius 1 is 1.71 bits per heavy atom. The highest BCUT2D eigenvalue weighted by Gasteiger charge is 2.12. The molecule has 1 aromatic rings. The number of rotatable bonds is 2. The lowest BCUT2D eigenvalue weighted by Crippen LogP contribution is -2.50. The van der Waals surface area contributed by atoms with Crippen LogP contribution in [0.25, 0.3) is 0 Å². The van der Waals surface area contributed by atoms with Gasteiger partial charge in [-0.1, -0.05) is 10.1 Å². The van der Waals surface area contributed by atoms with E-state index in [2.05, 4.69) is 10.2 Å². The molecule has 1 amide bonds. The fraction of sp³-hybridized carbons (Fsp3) is 0.222. The van der Waals surface area contributed by atoms with Crippen LogP contribution >= 0.6 is 0 Å². The fourth-order valence-corrected chi connectivity index (χ4v) is 0.893. The summed E-state index contributed by atoms with van der Waals surface area (Å²) in [7, 11) is 0. The molecule has 0 bridgehead atoms. The molecule has 5 nitrogen and oxygen atoms in total. The molecule has 0 unspecified atom stereocenters. The number of nitrogens with one attached hydrogen (secondary N) is 1. The Hall–Kier alpha value is -2.09. The third-order valence-corrected chi connectivity index (χ3v) is 1.46. The number of nitrogens with zero attached hydrogens (tertiary/aromatic N) is 2. The van der Waals surface area contributed by atoms with Gasteiger partial charge in [0.15, 0.2) is 6.07 Å². The second-order valence-corrected chi connectivity index (χ2v) is 2.40. The van der Waals surface area contributed by atoms with Gasteiger partial charge in [0.25, 0.3) is 0 Å². The molecular formula is C9H10N3O2+. The summed E-state index contributed by atoms with van der Waals surface area (Å²) in [5, 5.41) is 8.70. The number of hydrogen-bond donors (Lipinski definition) is 1. The predicted molar refractivity (Wildman–Crippen MR) is 47.7 cm³/mol. The van der Waals surface area contributed by atoms with Crippen molar-refractivity contribution in [3.8, 4) is 6.07 Å². The molecule has 1 heterocycles. The van der Waals surface area contributed by atoms with Gasteiger partial charge in [-0.15, -0.1) is 0 Å². The van der Waals surface area contributed by atoms with Gasteiger partial charge < -0.3 is 4.74 Å². The van der Waals surface area contributed by atoms with Crippen molar-refractivity contribution in [2.24, 2.45) is 0 Å². The van der Waals surface area contributed by atoms with Crippen molar-refractivity contribution in [3.63, 3.8) is 0 Å². The molecule has 14 heavy (non-hydrogen) atoms. The van der Waals surface area contributed by atoms with E-state index < -0.39 is 6.09 Å². The number of amides is 1. The van der Waals surface area contributed by atoms with Gasteiger partial charge in [-0.2, -0.15) is 5.26 Å². The Kier molecular flexibility index (Phi) is 3.44. The van der Waals surface area contributed by atoms with Crippen LogP contribution in [0.1, 0.15) is 12.6 Å². The monoisotopic (exact) mass is 192 g/mol. The van der Waals surface area contributed by atoms with Crippen molar-refractivity contribution >= 4 is 6.09 Å². The van der Waals surface area contributed by atoms with Crippen LogP contribution in [0.15, 0.2) is 24.4 Å². The molecule has 0 atom stereocenters. The first-order valence-corrected chi connectivity index (χ1v) is 4.12. The summed E-state index contributed by atoms with van der Waals surface area (Å²) in [6.45, 7) is 2.00. The number of aromatic nitrogens is 1. The number of carbonyl (C=O) groups excluding carboxylic acids is 1. The Labute approximate surface area is 81.5 Å². The second-order valence-electron chi connectivity index (χ2n) is 2.40. The van der Waals surface area contributed by atoms with Gasteiger partial charge in [0.05, 0.1) is 6.61 Å². The molecule has 0 fully saturated rings. The summed E-state index contributed by atoms with van der Waals surface area (Å²) in [4.78, 5) is 11.0. The van der Waals surface area contributed by atoms with Crippen LogP contribution in [0.2, 0.25) is 0 Å². The third-order valence-electron chi connectivity index (χ3n) is 1.46. The average molecular weight is 192 g/mol. The quantitative estimate of drug-likeness (QED) is 0.695. The molecule has 1 aromatic heterocycles. The van der Waals surface area contributed by atoms with Crippen LogP contribution in [-0.4, -0.2) is 12.7 Å². The summed E-state index contributed by atoms with van der Waals surface area (Å²) in [5.41, 5.74) is 2.73. The minimum atomic E-state index is -0.583. The third kappa shape index (κ3) is 2.45. The number of pyridine rings is 1.